The largest absolute Gasteiger partial charge is 0.487 e. The second kappa shape index (κ2) is 13.3. The number of carbonyl (C=O) groups is 1. The standard InChI is InChI=1S/C31H26I2N2O4S2/c1-4-38-30(37)26-18(2)34-31-35(27(26)20-10-12-23(40-3)13-11-20)29(36)25(41-31)15-21-14-22(32)16-24(33)28(21)39-17-19-8-6-5-7-9-19/h5-16,27H,4,17H2,1-3H3/b25-15-/t27-/m1/s1. The van der Waals surface area contributed by atoms with Gasteiger partial charge in [-0.1, -0.05) is 53.8 Å². The molecule has 1 aliphatic rings. The summed E-state index contributed by atoms with van der Waals surface area (Å²) < 4.78 is 15.8. The van der Waals surface area contributed by atoms with Crippen molar-refractivity contribution in [1.29, 1.82) is 0 Å². The number of thioether (sulfide) groups is 1. The molecule has 0 amide bonds. The van der Waals surface area contributed by atoms with E-state index in [4.69, 9.17) is 14.5 Å². The summed E-state index contributed by atoms with van der Waals surface area (Å²) in [5.41, 5.74) is 3.39. The Morgan fingerprint density at radius 1 is 1.12 bits per heavy atom. The molecular weight excluding hydrogens is 782 g/mol. The van der Waals surface area contributed by atoms with Crippen LogP contribution in [0.1, 0.15) is 36.6 Å². The zero-order valence-electron chi connectivity index (χ0n) is 22.5. The van der Waals surface area contributed by atoms with Crippen molar-refractivity contribution in [3.63, 3.8) is 0 Å². The molecule has 0 saturated carbocycles. The van der Waals surface area contributed by atoms with E-state index in [1.807, 2.05) is 79.1 Å². The van der Waals surface area contributed by atoms with E-state index in [-0.39, 0.29) is 12.2 Å². The maximum absolute atomic E-state index is 14.1. The number of aromatic nitrogens is 1. The van der Waals surface area contributed by atoms with Gasteiger partial charge in [0.05, 0.1) is 32.0 Å². The van der Waals surface area contributed by atoms with Gasteiger partial charge in [-0.15, -0.1) is 11.8 Å². The number of carbonyl (C=O) groups excluding carboxylic acids is 1. The van der Waals surface area contributed by atoms with Crippen LogP contribution in [0, 0.1) is 7.14 Å². The van der Waals surface area contributed by atoms with Gasteiger partial charge >= 0.3 is 5.97 Å². The number of hydrogen-bond acceptors (Lipinski definition) is 7. The fourth-order valence-corrected chi connectivity index (χ4v) is 8.09. The monoisotopic (exact) mass is 808 g/mol. The van der Waals surface area contributed by atoms with E-state index in [1.165, 1.54) is 11.3 Å². The third-order valence-electron chi connectivity index (χ3n) is 6.50. The first kappa shape index (κ1) is 30.1. The van der Waals surface area contributed by atoms with Crippen LogP contribution in [0.15, 0.2) is 92.7 Å². The lowest BCUT2D eigenvalue weighted by Crippen LogP contribution is -2.39. The van der Waals surface area contributed by atoms with Gasteiger partial charge in [-0.3, -0.25) is 9.36 Å². The summed E-state index contributed by atoms with van der Waals surface area (Å²) in [6.45, 7) is 4.21. The highest BCUT2D eigenvalue weighted by atomic mass is 127. The SMILES string of the molecule is CCOC(=O)C1=C(C)N=c2s/c(=C\c3cc(I)cc(I)c3OCc3ccccc3)c(=O)n2[C@@H]1c1ccc(SC)cc1. The fraction of sp³-hybridized carbons (Fsp3) is 0.194. The van der Waals surface area contributed by atoms with Crippen molar-refractivity contribution in [3.05, 3.63) is 122 Å². The molecular formula is C31H26I2N2O4S2. The summed E-state index contributed by atoms with van der Waals surface area (Å²) in [4.78, 5) is 33.6. The number of allylic oxidation sites excluding steroid dienone is 1. The number of benzene rings is 3. The molecule has 0 aliphatic carbocycles. The Bertz CT molecular complexity index is 1810. The molecule has 41 heavy (non-hydrogen) atoms. The van der Waals surface area contributed by atoms with Crippen LogP contribution in [0.25, 0.3) is 6.08 Å². The van der Waals surface area contributed by atoms with E-state index in [1.54, 1.807) is 30.2 Å². The van der Waals surface area contributed by atoms with E-state index in [9.17, 15) is 9.59 Å². The highest BCUT2D eigenvalue weighted by Crippen LogP contribution is 2.32. The lowest BCUT2D eigenvalue weighted by molar-refractivity contribution is -0.139. The first-order valence-electron chi connectivity index (χ1n) is 12.8. The smallest absolute Gasteiger partial charge is 0.338 e. The number of fused-ring (bicyclic) bond motifs is 1. The highest BCUT2D eigenvalue weighted by molar-refractivity contribution is 14.1. The van der Waals surface area contributed by atoms with E-state index in [0.717, 1.165) is 28.7 Å². The lowest BCUT2D eigenvalue weighted by atomic mass is 9.96. The first-order valence-corrected chi connectivity index (χ1v) is 17.0. The molecule has 0 saturated heterocycles. The molecule has 10 heteroatoms. The molecule has 1 atom stereocenters. The van der Waals surface area contributed by atoms with Crippen molar-refractivity contribution in [2.75, 3.05) is 12.9 Å². The topological polar surface area (TPSA) is 69.9 Å². The van der Waals surface area contributed by atoms with Crippen LogP contribution in [0.2, 0.25) is 0 Å². The molecule has 210 valence electrons. The molecule has 3 aromatic carbocycles. The van der Waals surface area contributed by atoms with Gasteiger partial charge in [0.1, 0.15) is 12.4 Å². The molecule has 1 aliphatic heterocycles. The summed E-state index contributed by atoms with van der Waals surface area (Å²) in [6.07, 6.45) is 3.88. The average molecular weight is 809 g/mol. The van der Waals surface area contributed by atoms with E-state index in [2.05, 4.69) is 45.2 Å². The Morgan fingerprint density at radius 2 is 1.85 bits per heavy atom. The molecule has 0 spiro atoms. The van der Waals surface area contributed by atoms with Crippen LogP contribution in [-0.2, 0) is 16.1 Å². The van der Waals surface area contributed by atoms with Crippen molar-refractivity contribution in [2.24, 2.45) is 4.99 Å². The van der Waals surface area contributed by atoms with Crippen molar-refractivity contribution in [3.8, 4) is 5.75 Å². The minimum absolute atomic E-state index is 0.218. The van der Waals surface area contributed by atoms with Gasteiger partial charge < -0.3 is 9.47 Å². The Balaban J connectivity index is 1.65. The van der Waals surface area contributed by atoms with Crippen molar-refractivity contribution in [1.82, 2.24) is 4.57 Å². The van der Waals surface area contributed by atoms with Crippen LogP contribution >= 0.6 is 68.3 Å². The normalized spacial score (nSPS) is 15.0. The van der Waals surface area contributed by atoms with Crippen molar-refractivity contribution in [2.45, 2.75) is 31.4 Å². The lowest BCUT2D eigenvalue weighted by Gasteiger charge is -2.24. The van der Waals surface area contributed by atoms with Crippen LogP contribution in [0.5, 0.6) is 5.75 Å². The minimum atomic E-state index is -0.645. The third-order valence-corrected chi connectivity index (χ3v) is 9.65. The molecule has 5 rings (SSSR count). The molecule has 1 aromatic heterocycles. The molecule has 0 unspecified atom stereocenters. The quantitative estimate of drug-likeness (QED) is 0.119. The number of nitrogens with zero attached hydrogens (tertiary/aromatic N) is 2. The highest BCUT2D eigenvalue weighted by Gasteiger charge is 2.33. The van der Waals surface area contributed by atoms with Crippen LogP contribution in [0.3, 0.4) is 0 Å². The average Bonchev–Trinajstić information content (AvgIpc) is 3.26. The van der Waals surface area contributed by atoms with Gasteiger partial charge in [-0.25, -0.2) is 9.79 Å². The van der Waals surface area contributed by atoms with Crippen molar-refractivity contribution >= 4 is 80.3 Å². The third kappa shape index (κ3) is 6.50. The van der Waals surface area contributed by atoms with E-state index < -0.39 is 12.0 Å². The summed E-state index contributed by atoms with van der Waals surface area (Å²) in [5, 5.41) is 0. The minimum Gasteiger partial charge on any atom is -0.487 e. The number of esters is 1. The maximum Gasteiger partial charge on any atom is 0.338 e. The number of hydrogen-bond donors (Lipinski definition) is 0. The van der Waals surface area contributed by atoms with Crippen LogP contribution < -0.4 is 19.6 Å². The van der Waals surface area contributed by atoms with Gasteiger partial charge in [-0.2, -0.15) is 0 Å². The fourth-order valence-electron chi connectivity index (χ4n) is 4.60. The zero-order chi connectivity index (χ0) is 29.1. The Labute approximate surface area is 273 Å². The number of ether oxygens (including phenoxy) is 2. The van der Waals surface area contributed by atoms with Crippen LogP contribution in [-0.4, -0.2) is 23.4 Å². The Kier molecular flexibility index (Phi) is 9.72. The molecule has 4 aromatic rings. The summed E-state index contributed by atoms with van der Waals surface area (Å²) in [5.74, 6) is 0.249. The zero-order valence-corrected chi connectivity index (χ0v) is 28.5. The van der Waals surface area contributed by atoms with Gasteiger partial charge in [0.15, 0.2) is 4.80 Å². The second-order valence-corrected chi connectivity index (χ2v) is 13.5. The number of thiazole rings is 1. The Morgan fingerprint density at radius 3 is 2.54 bits per heavy atom. The van der Waals surface area contributed by atoms with E-state index >= 15 is 0 Å². The van der Waals surface area contributed by atoms with Crippen molar-refractivity contribution < 1.29 is 14.3 Å². The molecule has 0 N–H and O–H groups in total. The van der Waals surface area contributed by atoms with Crippen LogP contribution in [0.4, 0.5) is 0 Å². The van der Waals surface area contributed by atoms with Gasteiger partial charge in [-0.05, 0) is 107 Å². The summed E-state index contributed by atoms with van der Waals surface area (Å²) in [6, 6.07) is 21.3. The predicted octanol–water partition coefficient (Wildman–Crippen LogP) is 6.31. The second-order valence-electron chi connectivity index (χ2n) is 9.16. The van der Waals surface area contributed by atoms with E-state index in [0.29, 0.717) is 33.0 Å². The Hall–Kier alpha value is -2.42. The number of halogens is 2. The summed E-state index contributed by atoms with van der Waals surface area (Å²) >= 11 is 7.48. The maximum atomic E-state index is 14.1. The predicted molar refractivity (Wildman–Crippen MR) is 181 cm³/mol. The molecule has 0 fully saturated rings. The first-order chi connectivity index (χ1) is 19.8. The molecule has 0 bridgehead atoms. The number of rotatable bonds is 8. The van der Waals surface area contributed by atoms with Gasteiger partial charge in [0.2, 0.25) is 0 Å². The molecule has 0 radical (unpaired) electrons. The van der Waals surface area contributed by atoms with Gasteiger partial charge in [0.25, 0.3) is 5.56 Å². The summed E-state index contributed by atoms with van der Waals surface area (Å²) in [7, 11) is 0. The molecule has 2 heterocycles. The molecule has 6 nitrogen and oxygen atoms in total. The van der Waals surface area contributed by atoms with Gasteiger partial charge in [0, 0.05) is 14.0 Å².